The van der Waals surface area contributed by atoms with E-state index in [0.29, 0.717) is 22.6 Å². The average molecular weight is 281 g/mol. The summed E-state index contributed by atoms with van der Waals surface area (Å²) in [7, 11) is 0. The van der Waals surface area contributed by atoms with Crippen molar-refractivity contribution in [3.63, 3.8) is 0 Å². The van der Waals surface area contributed by atoms with Gasteiger partial charge < -0.3 is 15.0 Å². The molecule has 1 N–H and O–H groups in total. The Balaban J connectivity index is 1.50. The second-order valence-corrected chi connectivity index (χ2v) is 5.66. The normalized spacial score (nSPS) is 25.4. The van der Waals surface area contributed by atoms with Crippen molar-refractivity contribution in [3.05, 3.63) is 29.3 Å². The van der Waals surface area contributed by atoms with E-state index in [1.165, 1.54) is 0 Å². The van der Waals surface area contributed by atoms with E-state index in [1.54, 1.807) is 24.3 Å². The third kappa shape index (κ3) is 2.85. The number of hydrogen-bond donors (Lipinski definition) is 1. The lowest BCUT2D eigenvalue weighted by Gasteiger charge is -2.17. The lowest BCUT2D eigenvalue weighted by molar-refractivity contribution is -0.132. The number of ether oxygens (including phenoxy) is 1. The minimum Gasteiger partial charge on any atom is -0.484 e. The third-order valence-electron chi connectivity index (χ3n) is 3.92. The number of halogens is 1. The van der Waals surface area contributed by atoms with E-state index in [2.05, 4.69) is 5.32 Å². The van der Waals surface area contributed by atoms with E-state index in [9.17, 15) is 4.79 Å². The van der Waals surface area contributed by atoms with Gasteiger partial charge in [-0.25, -0.2) is 0 Å². The van der Waals surface area contributed by atoms with Crippen LogP contribution in [0.1, 0.15) is 0 Å². The quantitative estimate of drug-likeness (QED) is 0.910. The van der Waals surface area contributed by atoms with Gasteiger partial charge in [-0.3, -0.25) is 4.79 Å². The standard InChI is InChI=1S/C14H17ClN2O2/c15-12-1-3-13(4-2-12)19-9-14(18)17-7-10-5-16-6-11(10)8-17/h1-4,10-11,16H,5-9H2/t10-,11+. The van der Waals surface area contributed by atoms with Crippen molar-refractivity contribution in [2.24, 2.45) is 11.8 Å². The first kappa shape index (κ1) is 12.8. The number of nitrogens with zero attached hydrogens (tertiary/aromatic N) is 1. The number of benzene rings is 1. The van der Waals surface area contributed by atoms with Crippen LogP contribution >= 0.6 is 11.6 Å². The number of nitrogens with one attached hydrogen (secondary N) is 1. The Hall–Kier alpha value is -1.26. The molecule has 102 valence electrons. The average Bonchev–Trinajstić information content (AvgIpc) is 2.98. The SMILES string of the molecule is O=C(COc1ccc(Cl)cc1)N1C[C@H]2CNC[C@H]2C1. The molecule has 0 saturated carbocycles. The van der Waals surface area contributed by atoms with Crippen LogP contribution in [0.4, 0.5) is 0 Å². The van der Waals surface area contributed by atoms with Crippen LogP contribution in [0, 0.1) is 11.8 Å². The van der Waals surface area contributed by atoms with Crippen LogP contribution < -0.4 is 10.1 Å². The fraction of sp³-hybridized carbons (Fsp3) is 0.500. The highest BCUT2D eigenvalue weighted by atomic mass is 35.5. The molecule has 2 saturated heterocycles. The van der Waals surface area contributed by atoms with Gasteiger partial charge in [0.1, 0.15) is 5.75 Å². The van der Waals surface area contributed by atoms with Crippen molar-refractivity contribution >= 4 is 17.5 Å². The van der Waals surface area contributed by atoms with E-state index >= 15 is 0 Å². The fourth-order valence-electron chi connectivity index (χ4n) is 2.83. The molecule has 0 bridgehead atoms. The summed E-state index contributed by atoms with van der Waals surface area (Å²) in [6.07, 6.45) is 0. The first-order valence-electron chi connectivity index (χ1n) is 6.59. The first-order chi connectivity index (χ1) is 9.22. The van der Waals surface area contributed by atoms with Gasteiger partial charge >= 0.3 is 0 Å². The highest BCUT2D eigenvalue weighted by Gasteiger charge is 2.37. The molecule has 0 radical (unpaired) electrons. The molecule has 2 aliphatic rings. The lowest BCUT2D eigenvalue weighted by atomic mass is 10.0. The van der Waals surface area contributed by atoms with Gasteiger partial charge in [0.15, 0.2) is 6.61 Å². The molecule has 0 spiro atoms. The summed E-state index contributed by atoms with van der Waals surface area (Å²) < 4.78 is 5.49. The van der Waals surface area contributed by atoms with Crippen LogP contribution in [0.25, 0.3) is 0 Å². The third-order valence-corrected chi connectivity index (χ3v) is 4.17. The molecule has 2 atom stereocenters. The summed E-state index contributed by atoms with van der Waals surface area (Å²) in [5, 5.41) is 4.03. The molecule has 1 aromatic carbocycles. The summed E-state index contributed by atoms with van der Waals surface area (Å²) in [6, 6.07) is 7.07. The van der Waals surface area contributed by atoms with Gasteiger partial charge in [-0.1, -0.05) is 11.6 Å². The van der Waals surface area contributed by atoms with E-state index in [1.807, 2.05) is 4.90 Å². The predicted octanol–water partition coefficient (Wildman–Crippen LogP) is 1.40. The Morgan fingerprint density at radius 2 is 1.89 bits per heavy atom. The zero-order valence-electron chi connectivity index (χ0n) is 10.6. The topological polar surface area (TPSA) is 41.6 Å². The molecule has 1 amide bonds. The number of amides is 1. The number of rotatable bonds is 3. The summed E-state index contributed by atoms with van der Waals surface area (Å²) >= 11 is 5.80. The summed E-state index contributed by atoms with van der Waals surface area (Å²) in [4.78, 5) is 14.0. The monoisotopic (exact) mass is 280 g/mol. The van der Waals surface area contributed by atoms with Gasteiger partial charge in [-0.15, -0.1) is 0 Å². The summed E-state index contributed by atoms with van der Waals surface area (Å²) in [6.45, 7) is 3.90. The maximum Gasteiger partial charge on any atom is 0.260 e. The highest BCUT2D eigenvalue weighted by Crippen LogP contribution is 2.26. The molecule has 5 heteroatoms. The van der Waals surface area contributed by atoms with Gasteiger partial charge in [0.25, 0.3) is 5.91 Å². The molecular weight excluding hydrogens is 264 g/mol. The first-order valence-corrected chi connectivity index (χ1v) is 6.97. The summed E-state index contributed by atoms with van der Waals surface area (Å²) in [5.41, 5.74) is 0. The van der Waals surface area contributed by atoms with Gasteiger partial charge in [0.05, 0.1) is 0 Å². The van der Waals surface area contributed by atoms with Crippen molar-refractivity contribution in [2.45, 2.75) is 0 Å². The van der Waals surface area contributed by atoms with Gasteiger partial charge in [-0.05, 0) is 36.1 Å². The van der Waals surface area contributed by atoms with E-state index in [-0.39, 0.29) is 12.5 Å². The second-order valence-electron chi connectivity index (χ2n) is 5.22. The van der Waals surface area contributed by atoms with Crippen molar-refractivity contribution in [1.29, 1.82) is 0 Å². The Bertz CT molecular complexity index is 451. The van der Waals surface area contributed by atoms with Crippen molar-refractivity contribution in [1.82, 2.24) is 10.2 Å². The molecule has 2 aliphatic heterocycles. The van der Waals surface area contributed by atoms with Gasteiger partial charge in [0, 0.05) is 31.2 Å². The van der Waals surface area contributed by atoms with Crippen LogP contribution in [0.3, 0.4) is 0 Å². The Labute approximate surface area is 117 Å². The summed E-state index contributed by atoms with van der Waals surface area (Å²) in [5.74, 6) is 2.00. The minimum absolute atomic E-state index is 0.0735. The number of carbonyl (C=O) groups is 1. The van der Waals surface area contributed by atoms with Crippen LogP contribution in [0.5, 0.6) is 5.75 Å². The van der Waals surface area contributed by atoms with Crippen LogP contribution in [-0.4, -0.2) is 43.6 Å². The second kappa shape index (κ2) is 5.39. The molecule has 2 fully saturated rings. The van der Waals surface area contributed by atoms with Crippen molar-refractivity contribution in [2.75, 3.05) is 32.8 Å². The zero-order chi connectivity index (χ0) is 13.2. The molecule has 0 unspecified atom stereocenters. The van der Waals surface area contributed by atoms with E-state index in [4.69, 9.17) is 16.3 Å². The Morgan fingerprint density at radius 3 is 2.53 bits per heavy atom. The molecule has 0 aromatic heterocycles. The molecule has 2 heterocycles. The van der Waals surface area contributed by atoms with Gasteiger partial charge in [0.2, 0.25) is 0 Å². The maximum absolute atomic E-state index is 12.1. The fourth-order valence-corrected chi connectivity index (χ4v) is 2.95. The number of fused-ring (bicyclic) bond motifs is 1. The Morgan fingerprint density at radius 1 is 1.26 bits per heavy atom. The van der Waals surface area contributed by atoms with E-state index < -0.39 is 0 Å². The molecule has 4 nitrogen and oxygen atoms in total. The Kier molecular flexibility index (Phi) is 3.62. The van der Waals surface area contributed by atoms with Crippen LogP contribution in [-0.2, 0) is 4.79 Å². The molecule has 3 rings (SSSR count). The largest absolute Gasteiger partial charge is 0.484 e. The van der Waals surface area contributed by atoms with Crippen LogP contribution in [0.2, 0.25) is 5.02 Å². The minimum atomic E-state index is 0.0735. The molecule has 0 aliphatic carbocycles. The lowest BCUT2D eigenvalue weighted by Crippen LogP contribution is -2.35. The maximum atomic E-state index is 12.1. The smallest absolute Gasteiger partial charge is 0.260 e. The highest BCUT2D eigenvalue weighted by molar-refractivity contribution is 6.30. The molecule has 19 heavy (non-hydrogen) atoms. The predicted molar refractivity (Wildman–Crippen MR) is 73.4 cm³/mol. The number of likely N-dealkylation sites (tertiary alicyclic amines) is 1. The van der Waals surface area contributed by atoms with E-state index in [0.717, 1.165) is 26.2 Å². The number of carbonyl (C=O) groups excluding carboxylic acids is 1. The molecular formula is C14H17ClN2O2. The van der Waals surface area contributed by atoms with Crippen molar-refractivity contribution < 1.29 is 9.53 Å². The van der Waals surface area contributed by atoms with Crippen molar-refractivity contribution in [3.8, 4) is 5.75 Å². The van der Waals surface area contributed by atoms with Gasteiger partial charge in [-0.2, -0.15) is 0 Å². The van der Waals surface area contributed by atoms with Crippen LogP contribution in [0.15, 0.2) is 24.3 Å². The molecule has 1 aromatic rings. The number of hydrogen-bond acceptors (Lipinski definition) is 3. The zero-order valence-corrected chi connectivity index (χ0v) is 11.4.